The van der Waals surface area contributed by atoms with E-state index in [1.165, 1.54) is 0 Å². The molecule has 0 bridgehead atoms. The molecule has 2 N–H and O–H groups in total. The van der Waals surface area contributed by atoms with Gasteiger partial charge in [0, 0.05) is 0 Å². The molecule has 0 aromatic carbocycles. The Balaban J connectivity index is 2.33. The lowest BCUT2D eigenvalue weighted by atomic mass is 10.2. The molecule has 1 fully saturated rings. The van der Waals surface area contributed by atoms with Crippen molar-refractivity contribution in [1.29, 1.82) is 0 Å². The highest BCUT2D eigenvalue weighted by Crippen LogP contribution is 2.33. The van der Waals surface area contributed by atoms with Crippen molar-refractivity contribution in [2.45, 2.75) is 16.3 Å². The maximum atomic E-state index is 11.2. The molecule has 7 heteroatoms. The molecule has 3 atom stereocenters. The van der Waals surface area contributed by atoms with Crippen LogP contribution in [0.1, 0.15) is 0 Å². The average molecular weight is 255 g/mol. The van der Waals surface area contributed by atoms with Crippen LogP contribution in [0, 0.1) is 0 Å². The molecule has 0 amide bonds. The lowest BCUT2D eigenvalue weighted by Gasteiger charge is -2.09. The molecule has 12 heavy (non-hydrogen) atoms. The summed E-state index contributed by atoms with van der Waals surface area (Å²) in [5.74, 6) is 0.0221. The van der Waals surface area contributed by atoms with Gasteiger partial charge in [-0.05, 0) is 0 Å². The Morgan fingerprint density at radius 1 is 1.67 bits per heavy atom. The summed E-state index contributed by atoms with van der Waals surface area (Å²) in [4.78, 5) is 3.86. The van der Waals surface area contributed by atoms with Gasteiger partial charge >= 0.3 is 0 Å². The van der Waals surface area contributed by atoms with E-state index in [1.807, 2.05) is 0 Å². The number of halogens is 1. The van der Waals surface area contributed by atoms with Crippen LogP contribution < -0.4 is 5.73 Å². The summed E-state index contributed by atoms with van der Waals surface area (Å²) < 4.78 is 26.9. The molecule has 2 aliphatic rings. The Morgan fingerprint density at radius 3 is 2.92 bits per heavy atom. The van der Waals surface area contributed by atoms with Crippen LogP contribution in [0.15, 0.2) is 4.99 Å². The van der Waals surface area contributed by atoms with Gasteiger partial charge in [0.05, 0.1) is 5.75 Å². The van der Waals surface area contributed by atoms with Crippen molar-refractivity contribution in [3.8, 4) is 0 Å². The summed E-state index contributed by atoms with van der Waals surface area (Å²) in [5, 5.41) is 0. The van der Waals surface area contributed by atoms with E-state index in [9.17, 15) is 8.42 Å². The van der Waals surface area contributed by atoms with Crippen molar-refractivity contribution in [3.05, 3.63) is 0 Å². The van der Waals surface area contributed by atoms with Gasteiger partial charge in [0.15, 0.2) is 20.1 Å². The van der Waals surface area contributed by atoms with E-state index in [2.05, 4.69) is 20.9 Å². The highest BCUT2D eigenvalue weighted by Gasteiger charge is 2.50. The predicted octanol–water partition coefficient (Wildman–Crippen LogP) is -0.782. The summed E-state index contributed by atoms with van der Waals surface area (Å²) in [6.45, 7) is 0. The number of nitrogens with zero attached hydrogens (tertiary/aromatic N) is 1. The first kappa shape index (κ1) is 8.31. The van der Waals surface area contributed by atoms with E-state index in [-0.39, 0.29) is 17.8 Å². The molecule has 0 aromatic heterocycles. The fraction of sp³-hybridized carbons (Fsp3) is 0.800. The summed E-state index contributed by atoms with van der Waals surface area (Å²) in [7, 11) is -3.08. The van der Waals surface area contributed by atoms with Crippen molar-refractivity contribution in [2.24, 2.45) is 10.7 Å². The lowest BCUT2D eigenvalue weighted by Crippen LogP contribution is -2.27. The van der Waals surface area contributed by atoms with Crippen molar-refractivity contribution < 1.29 is 13.2 Å². The minimum Gasteiger partial charge on any atom is -0.457 e. The van der Waals surface area contributed by atoms with Gasteiger partial charge in [0.2, 0.25) is 0 Å². The molecule has 0 saturated carbocycles. The second kappa shape index (κ2) is 2.35. The van der Waals surface area contributed by atoms with E-state index >= 15 is 0 Å². The second-order valence-corrected chi connectivity index (χ2v) is 6.56. The number of sulfone groups is 1. The Labute approximate surface area is 78.0 Å². The number of amidine groups is 1. The van der Waals surface area contributed by atoms with Gasteiger partial charge in [0.25, 0.3) is 6.02 Å². The zero-order valence-electron chi connectivity index (χ0n) is 5.97. The minimum atomic E-state index is -3.08. The van der Waals surface area contributed by atoms with Crippen LogP contribution in [0.5, 0.6) is 0 Å². The number of aliphatic imine (C=N–C) groups is 1. The third-order valence-electron chi connectivity index (χ3n) is 1.93. The molecule has 0 unspecified atom stereocenters. The molecule has 0 radical (unpaired) electrons. The molecular weight excluding hydrogens is 248 g/mol. The molecule has 0 aliphatic carbocycles. The predicted molar refractivity (Wildman–Crippen MR) is 46.8 cm³/mol. The average Bonchev–Trinajstić information content (AvgIpc) is 2.35. The molecule has 5 nitrogen and oxygen atoms in total. The molecule has 0 aromatic rings. The van der Waals surface area contributed by atoms with Crippen LogP contribution in [0.2, 0.25) is 0 Å². The number of hydrogen-bond donors (Lipinski definition) is 1. The van der Waals surface area contributed by atoms with E-state index < -0.39 is 20.1 Å². The van der Waals surface area contributed by atoms with Crippen molar-refractivity contribution in [3.63, 3.8) is 0 Å². The highest BCUT2D eigenvalue weighted by molar-refractivity contribution is 9.11. The SMILES string of the molecule is NC1=N[C@H]2CS(=O)(=O)[C@@H](Br)[C@H]2O1. The first-order valence-corrected chi connectivity index (χ1v) is 5.99. The lowest BCUT2D eigenvalue weighted by molar-refractivity contribution is 0.221. The van der Waals surface area contributed by atoms with Crippen molar-refractivity contribution >= 4 is 31.8 Å². The Hall–Kier alpha value is -0.300. The number of hydrogen-bond acceptors (Lipinski definition) is 5. The van der Waals surface area contributed by atoms with Gasteiger partial charge in [-0.15, -0.1) is 0 Å². The molecule has 2 rings (SSSR count). The van der Waals surface area contributed by atoms with Crippen LogP contribution in [-0.4, -0.2) is 36.5 Å². The number of nitrogens with two attached hydrogens (primary N) is 1. The summed E-state index contributed by atoms with van der Waals surface area (Å²) >= 11 is 3.05. The highest BCUT2D eigenvalue weighted by atomic mass is 79.9. The Kier molecular flexibility index (Phi) is 1.63. The van der Waals surface area contributed by atoms with Crippen LogP contribution in [0.25, 0.3) is 0 Å². The summed E-state index contributed by atoms with van der Waals surface area (Å²) in [6, 6.07) is -0.233. The smallest absolute Gasteiger partial charge is 0.282 e. The van der Waals surface area contributed by atoms with Crippen LogP contribution >= 0.6 is 15.9 Å². The van der Waals surface area contributed by atoms with Gasteiger partial charge in [0.1, 0.15) is 6.04 Å². The zero-order valence-corrected chi connectivity index (χ0v) is 8.38. The third-order valence-corrected chi connectivity index (χ3v) is 5.92. The van der Waals surface area contributed by atoms with Gasteiger partial charge in [-0.3, -0.25) is 0 Å². The molecular formula is C5H7BrN2O3S. The second-order valence-electron chi connectivity index (χ2n) is 2.80. The molecule has 0 spiro atoms. The fourth-order valence-electron chi connectivity index (χ4n) is 1.38. The summed E-state index contributed by atoms with van der Waals surface area (Å²) in [5.41, 5.74) is 5.29. The molecule has 68 valence electrons. The van der Waals surface area contributed by atoms with Gasteiger partial charge < -0.3 is 10.5 Å². The molecule has 2 heterocycles. The van der Waals surface area contributed by atoms with Gasteiger partial charge in [-0.25, -0.2) is 13.4 Å². The van der Waals surface area contributed by atoms with Gasteiger partial charge in [-0.2, -0.15) is 0 Å². The summed E-state index contributed by atoms with van der Waals surface area (Å²) in [6.07, 6.45) is -0.435. The van der Waals surface area contributed by atoms with E-state index in [1.54, 1.807) is 0 Å². The largest absolute Gasteiger partial charge is 0.457 e. The van der Waals surface area contributed by atoms with Crippen LogP contribution in [0.4, 0.5) is 0 Å². The quantitative estimate of drug-likeness (QED) is 0.575. The maximum Gasteiger partial charge on any atom is 0.282 e. The minimum absolute atomic E-state index is 0.0221. The van der Waals surface area contributed by atoms with Gasteiger partial charge in [-0.1, -0.05) is 15.9 Å². The third kappa shape index (κ3) is 1.03. The number of alkyl halides is 1. The Morgan fingerprint density at radius 2 is 2.33 bits per heavy atom. The topological polar surface area (TPSA) is 81.8 Å². The number of ether oxygens (including phenoxy) is 1. The number of rotatable bonds is 0. The zero-order chi connectivity index (χ0) is 8.93. The Bertz CT molecular complexity index is 339. The normalized spacial score (nSPS) is 43.4. The number of fused-ring (bicyclic) bond motifs is 1. The standard InChI is InChI=1S/C5H7BrN2O3S/c6-4-3-2(1-12(4,9)10)8-5(7)11-3/h2-4H,1H2,(H2,7,8)/t2-,3-,4+/m0/s1. The van der Waals surface area contributed by atoms with Crippen molar-refractivity contribution in [2.75, 3.05) is 5.75 Å². The van der Waals surface area contributed by atoms with Crippen molar-refractivity contribution in [1.82, 2.24) is 0 Å². The maximum absolute atomic E-state index is 11.2. The van der Waals surface area contributed by atoms with E-state index in [0.717, 1.165) is 0 Å². The monoisotopic (exact) mass is 254 g/mol. The first-order chi connectivity index (χ1) is 5.50. The first-order valence-electron chi connectivity index (χ1n) is 3.36. The van der Waals surface area contributed by atoms with Crippen LogP contribution in [0.3, 0.4) is 0 Å². The molecule has 1 saturated heterocycles. The molecule has 2 aliphatic heterocycles. The van der Waals surface area contributed by atoms with Crippen LogP contribution in [-0.2, 0) is 14.6 Å². The van der Waals surface area contributed by atoms with E-state index in [0.29, 0.717) is 0 Å². The fourth-order valence-corrected chi connectivity index (χ4v) is 3.87. The van der Waals surface area contributed by atoms with E-state index in [4.69, 9.17) is 10.5 Å².